The predicted molar refractivity (Wildman–Crippen MR) is 73.9 cm³/mol. The summed E-state index contributed by atoms with van der Waals surface area (Å²) in [4.78, 5) is 1.74. The topological polar surface area (TPSA) is 72.1 Å². The lowest BCUT2D eigenvalue weighted by molar-refractivity contribution is 0.404. The lowest BCUT2D eigenvalue weighted by atomic mass is 10.0. The van der Waals surface area contributed by atoms with Gasteiger partial charge in [0.15, 0.2) is 0 Å². The number of hydrogen-bond acceptors (Lipinski definition) is 5. The van der Waals surface area contributed by atoms with Crippen LogP contribution in [-0.4, -0.2) is 27.2 Å². The van der Waals surface area contributed by atoms with Crippen LogP contribution in [0.2, 0.25) is 0 Å². The van der Waals surface area contributed by atoms with Gasteiger partial charge < -0.3 is 15.0 Å². The lowest BCUT2D eigenvalue weighted by Gasteiger charge is -2.26. The van der Waals surface area contributed by atoms with Crippen molar-refractivity contribution in [2.45, 2.75) is 13.0 Å². The first-order valence-electron chi connectivity index (χ1n) is 6.02. The maximum absolute atomic E-state index is 8.89. The van der Waals surface area contributed by atoms with E-state index in [0.29, 0.717) is 0 Å². The Balaban J connectivity index is 3.32. The van der Waals surface area contributed by atoms with Crippen LogP contribution in [0.5, 0.6) is 5.75 Å². The standard InChI is InChI=1S/C14H18N4O/c1-11(17-2)14-12(5-4-6-13(14)19-3)18(9-7-15)10-8-16/h4-6,11,17H,9-10H2,1-3H3. The van der Waals surface area contributed by atoms with Crippen molar-refractivity contribution in [3.63, 3.8) is 0 Å². The maximum Gasteiger partial charge on any atom is 0.125 e. The number of nitriles is 2. The molecule has 1 aromatic carbocycles. The number of methoxy groups -OCH3 is 1. The molecule has 1 rings (SSSR count). The minimum Gasteiger partial charge on any atom is -0.496 e. The summed E-state index contributed by atoms with van der Waals surface area (Å²) >= 11 is 0. The van der Waals surface area contributed by atoms with Gasteiger partial charge in [-0.1, -0.05) is 6.07 Å². The zero-order valence-electron chi connectivity index (χ0n) is 11.5. The molecule has 100 valence electrons. The largest absolute Gasteiger partial charge is 0.496 e. The van der Waals surface area contributed by atoms with E-state index in [1.165, 1.54) is 0 Å². The number of anilines is 1. The highest BCUT2D eigenvalue weighted by molar-refractivity contribution is 5.61. The second-order valence-electron chi connectivity index (χ2n) is 4.08. The van der Waals surface area contributed by atoms with Gasteiger partial charge in [0.2, 0.25) is 0 Å². The smallest absolute Gasteiger partial charge is 0.125 e. The van der Waals surface area contributed by atoms with Crippen molar-refractivity contribution in [1.29, 1.82) is 10.5 Å². The van der Waals surface area contributed by atoms with E-state index < -0.39 is 0 Å². The Hall–Kier alpha value is -2.24. The van der Waals surface area contributed by atoms with Gasteiger partial charge in [0.05, 0.1) is 19.2 Å². The van der Waals surface area contributed by atoms with Crippen LogP contribution >= 0.6 is 0 Å². The second kappa shape index (κ2) is 7.25. The summed E-state index contributed by atoms with van der Waals surface area (Å²) in [6.07, 6.45) is 0. The molecule has 0 aliphatic carbocycles. The summed E-state index contributed by atoms with van der Waals surface area (Å²) in [5.41, 5.74) is 1.81. The van der Waals surface area contributed by atoms with Crippen LogP contribution in [0.3, 0.4) is 0 Å². The van der Waals surface area contributed by atoms with E-state index >= 15 is 0 Å². The van der Waals surface area contributed by atoms with Crippen LogP contribution in [0.1, 0.15) is 18.5 Å². The summed E-state index contributed by atoms with van der Waals surface area (Å²) < 4.78 is 5.38. The molecule has 0 fully saturated rings. The molecular weight excluding hydrogens is 240 g/mol. The molecule has 0 aliphatic rings. The van der Waals surface area contributed by atoms with Crippen LogP contribution in [0, 0.1) is 22.7 Å². The SMILES string of the molecule is CNC(C)c1c(OC)cccc1N(CC#N)CC#N. The van der Waals surface area contributed by atoms with Gasteiger partial charge in [0.25, 0.3) is 0 Å². The number of hydrogen-bond donors (Lipinski definition) is 1. The normalized spacial score (nSPS) is 11.2. The fourth-order valence-electron chi connectivity index (χ4n) is 1.96. The van der Waals surface area contributed by atoms with Crippen molar-refractivity contribution < 1.29 is 4.74 Å². The molecule has 0 saturated heterocycles. The Morgan fingerprint density at radius 3 is 2.42 bits per heavy atom. The monoisotopic (exact) mass is 258 g/mol. The summed E-state index contributed by atoms with van der Waals surface area (Å²) in [7, 11) is 3.48. The predicted octanol–water partition coefficient (Wildman–Crippen LogP) is 1.83. The Kier molecular flexibility index (Phi) is 5.66. The molecule has 0 saturated carbocycles. The quantitative estimate of drug-likeness (QED) is 0.788. The number of benzene rings is 1. The number of nitrogens with zero attached hydrogens (tertiary/aromatic N) is 3. The van der Waals surface area contributed by atoms with Crippen LogP contribution in [0.4, 0.5) is 5.69 Å². The van der Waals surface area contributed by atoms with E-state index in [0.717, 1.165) is 17.0 Å². The lowest BCUT2D eigenvalue weighted by Crippen LogP contribution is -2.27. The summed E-state index contributed by atoms with van der Waals surface area (Å²) in [6.45, 7) is 2.35. The third kappa shape index (κ3) is 3.37. The van der Waals surface area contributed by atoms with Crippen molar-refractivity contribution in [2.24, 2.45) is 0 Å². The average Bonchev–Trinajstić information content (AvgIpc) is 2.45. The molecule has 5 heteroatoms. The van der Waals surface area contributed by atoms with Crippen molar-refractivity contribution in [3.8, 4) is 17.9 Å². The molecule has 0 heterocycles. The molecule has 1 unspecified atom stereocenters. The third-order valence-corrected chi connectivity index (χ3v) is 2.99. The van der Waals surface area contributed by atoms with Gasteiger partial charge >= 0.3 is 0 Å². The van der Waals surface area contributed by atoms with Gasteiger partial charge in [-0.15, -0.1) is 0 Å². The van der Waals surface area contributed by atoms with Gasteiger partial charge in [-0.2, -0.15) is 10.5 Å². The first-order valence-corrected chi connectivity index (χ1v) is 6.02. The van der Waals surface area contributed by atoms with E-state index in [9.17, 15) is 0 Å². The number of ether oxygens (including phenoxy) is 1. The average molecular weight is 258 g/mol. The van der Waals surface area contributed by atoms with Crippen molar-refractivity contribution >= 4 is 5.69 Å². The van der Waals surface area contributed by atoms with Crippen molar-refractivity contribution in [2.75, 3.05) is 32.1 Å². The molecule has 5 nitrogen and oxygen atoms in total. The Morgan fingerprint density at radius 2 is 1.95 bits per heavy atom. The maximum atomic E-state index is 8.89. The molecule has 0 radical (unpaired) electrons. The second-order valence-corrected chi connectivity index (χ2v) is 4.08. The third-order valence-electron chi connectivity index (χ3n) is 2.99. The first-order chi connectivity index (χ1) is 9.19. The van der Waals surface area contributed by atoms with Gasteiger partial charge in [0.1, 0.15) is 18.8 Å². The minimum atomic E-state index is 0.0611. The van der Waals surface area contributed by atoms with Gasteiger partial charge in [-0.25, -0.2) is 0 Å². The molecule has 1 atom stereocenters. The van der Waals surface area contributed by atoms with E-state index in [4.69, 9.17) is 15.3 Å². The zero-order valence-corrected chi connectivity index (χ0v) is 11.5. The van der Waals surface area contributed by atoms with E-state index in [2.05, 4.69) is 17.5 Å². The molecule has 1 aromatic rings. The molecular formula is C14H18N4O. The van der Waals surface area contributed by atoms with Crippen LogP contribution < -0.4 is 15.0 Å². The highest BCUT2D eigenvalue weighted by atomic mass is 16.5. The fourth-order valence-corrected chi connectivity index (χ4v) is 1.96. The summed E-state index contributed by atoms with van der Waals surface area (Å²) in [6, 6.07) is 9.88. The van der Waals surface area contributed by atoms with Crippen LogP contribution in [0.15, 0.2) is 18.2 Å². The summed E-state index contributed by atoms with van der Waals surface area (Å²) in [5.74, 6) is 0.750. The minimum absolute atomic E-state index is 0.0611. The molecule has 0 aromatic heterocycles. The number of rotatable bonds is 6. The van der Waals surface area contributed by atoms with Crippen LogP contribution in [-0.2, 0) is 0 Å². The Bertz CT molecular complexity index is 485. The van der Waals surface area contributed by atoms with E-state index in [-0.39, 0.29) is 19.1 Å². The Labute approximate surface area is 114 Å². The summed E-state index contributed by atoms with van der Waals surface area (Å²) in [5, 5.41) is 20.9. The van der Waals surface area contributed by atoms with Gasteiger partial charge in [0, 0.05) is 17.3 Å². The molecule has 1 N–H and O–H groups in total. The molecule has 0 aliphatic heterocycles. The van der Waals surface area contributed by atoms with Gasteiger partial charge in [-0.3, -0.25) is 0 Å². The van der Waals surface area contributed by atoms with Crippen molar-refractivity contribution in [3.05, 3.63) is 23.8 Å². The van der Waals surface area contributed by atoms with Crippen molar-refractivity contribution in [1.82, 2.24) is 5.32 Å². The first kappa shape index (κ1) is 14.8. The molecule has 0 spiro atoms. The van der Waals surface area contributed by atoms with E-state index in [1.807, 2.05) is 32.2 Å². The zero-order chi connectivity index (χ0) is 14.3. The molecule has 19 heavy (non-hydrogen) atoms. The van der Waals surface area contributed by atoms with Crippen LogP contribution in [0.25, 0.3) is 0 Å². The molecule has 0 bridgehead atoms. The van der Waals surface area contributed by atoms with Gasteiger partial charge in [-0.05, 0) is 26.1 Å². The highest BCUT2D eigenvalue weighted by Gasteiger charge is 2.18. The number of nitrogens with one attached hydrogen (secondary N) is 1. The Morgan fingerprint density at radius 1 is 1.32 bits per heavy atom. The highest BCUT2D eigenvalue weighted by Crippen LogP contribution is 2.34. The molecule has 0 amide bonds. The fraction of sp³-hybridized carbons (Fsp3) is 0.429. The van der Waals surface area contributed by atoms with E-state index in [1.54, 1.807) is 12.0 Å².